The van der Waals surface area contributed by atoms with Gasteiger partial charge in [-0.2, -0.15) is 0 Å². The number of amides is 1. The van der Waals surface area contributed by atoms with Gasteiger partial charge in [0.25, 0.3) is 0 Å². The predicted molar refractivity (Wildman–Crippen MR) is 132 cm³/mol. The number of rotatable bonds is 7. The fourth-order valence-electron chi connectivity index (χ4n) is 3.28. The van der Waals surface area contributed by atoms with Crippen LogP contribution in [0.5, 0.6) is 5.75 Å². The van der Waals surface area contributed by atoms with E-state index in [4.69, 9.17) is 32.9 Å². The molecule has 1 amide bonds. The molecule has 1 heterocycles. The van der Waals surface area contributed by atoms with Gasteiger partial charge < -0.3 is 15.0 Å². The third kappa shape index (κ3) is 5.21. The molecule has 0 fully saturated rings. The highest BCUT2D eigenvalue weighted by Crippen LogP contribution is 2.29. The van der Waals surface area contributed by atoms with E-state index in [1.54, 1.807) is 25.3 Å². The molecule has 0 aliphatic carbocycles. The summed E-state index contributed by atoms with van der Waals surface area (Å²) in [7, 11) is 1.66. The van der Waals surface area contributed by atoms with E-state index >= 15 is 0 Å². The van der Waals surface area contributed by atoms with Gasteiger partial charge in [-0.05, 0) is 60.9 Å². The summed E-state index contributed by atoms with van der Waals surface area (Å²) in [6, 6.07) is 19.0. The highest BCUT2D eigenvalue weighted by molar-refractivity contribution is 8.00. The van der Waals surface area contributed by atoms with Crippen molar-refractivity contribution < 1.29 is 9.53 Å². The van der Waals surface area contributed by atoms with Gasteiger partial charge in [-0.3, -0.25) is 4.79 Å². The number of benzene rings is 3. The summed E-state index contributed by atoms with van der Waals surface area (Å²) in [4.78, 5) is 20.7. The number of hydrogen-bond acceptors (Lipinski definition) is 4. The highest BCUT2D eigenvalue weighted by Gasteiger charge is 2.18. The van der Waals surface area contributed by atoms with Crippen LogP contribution in [0.15, 0.2) is 65.8 Å². The van der Waals surface area contributed by atoms with Crippen LogP contribution in [0.1, 0.15) is 18.1 Å². The lowest BCUT2D eigenvalue weighted by Crippen LogP contribution is -2.22. The van der Waals surface area contributed by atoms with Gasteiger partial charge in [-0.25, -0.2) is 4.98 Å². The second-order valence-corrected chi connectivity index (χ2v) is 9.43. The van der Waals surface area contributed by atoms with Gasteiger partial charge in [0, 0.05) is 5.02 Å². The molecule has 0 radical (unpaired) electrons. The normalized spacial score (nSPS) is 12.0. The van der Waals surface area contributed by atoms with Crippen LogP contribution in [-0.4, -0.2) is 28.2 Å². The molecule has 2 N–H and O–H groups in total. The molecule has 3 aromatic carbocycles. The number of nitrogens with one attached hydrogen (secondary N) is 2. The summed E-state index contributed by atoms with van der Waals surface area (Å²) in [5.41, 5.74) is 4.65. The van der Waals surface area contributed by atoms with E-state index in [0.717, 1.165) is 28.8 Å². The summed E-state index contributed by atoms with van der Waals surface area (Å²) in [6.45, 7) is 1.83. The van der Waals surface area contributed by atoms with Gasteiger partial charge in [0.1, 0.15) is 5.75 Å². The molecule has 1 atom stereocenters. The number of H-pyrrole nitrogens is 1. The van der Waals surface area contributed by atoms with Crippen LogP contribution < -0.4 is 10.1 Å². The molecular weight excluding hydrogens is 465 g/mol. The summed E-state index contributed by atoms with van der Waals surface area (Å²) in [5, 5.41) is 4.06. The molecule has 0 saturated heterocycles. The van der Waals surface area contributed by atoms with E-state index in [-0.39, 0.29) is 11.2 Å². The van der Waals surface area contributed by atoms with Crippen molar-refractivity contribution in [3.05, 3.63) is 81.8 Å². The van der Waals surface area contributed by atoms with Gasteiger partial charge in [-0.15, -0.1) is 0 Å². The number of carbonyl (C=O) groups is 1. The molecule has 0 saturated carbocycles. The number of para-hydroxylation sites is 1. The van der Waals surface area contributed by atoms with Gasteiger partial charge in [0.2, 0.25) is 5.91 Å². The molecular formula is C24H21Cl2N3O2S. The molecule has 8 heteroatoms. The van der Waals surface area contributed by atoms with Crippen molar-refractivity contribution in [2.45, 2.75) is 23.8 Å². The fourth-order valence-corrected chi connectivity index (χ4v) is 4.55. The number of anilines is 1. The van der Waals surface area contributed by atoms with E-state index in [9.17, 15) is 4.79 Å². The standard InChI is InChI=1S/C24H21Cl2N3O2S/c1-14(23(30)27-20-11-8-17(25)13-19(20)26)32-24-28-21-5-3-4-16(22(21)29-24)12-15-6-9-18(31-2)10-7-15/h3-11,13-14H,12H2,1-2H3,(H,27,30)(H,28,29). The highest BCUT2D eigenvalue weighted by atomic mass is 35.5. The largest absolute Gasteiger partial charge is 0.497 e. The van der Waals surface area contributed by atoms with Crippen molar-refractivity contribution >= 4 is 57.6 Å². The van der Waals surface area contributed by atoms with Crippen molar-refractivity contribution in [1.82, 2.24) is 9.97 Å². The van der Waals surface area contributed by atoms with Gasteiger partial charge in [0.05, 0.1) is 34.1 Å². The van der Waals surface area contributed by atoms with Crippen molar-refractivity contribution in [2.75, 3.05) is 12.4 Å². The minimum Gasteiger partial charge on any atom is -0.497 e. The quantitative estimate of drug-likeness (QED) is 0.289. The van der Waals surface area contributed by atoms with E-state index in [2.05, 4.69) is 16.4 Å². The zero-order chi connectivity index (χ0) is 22.7. The number of aromatic nitrogens is 2. The molecule has 0 aliphatic rings. The van der Waals surface area contributed by atoms with Crippen LogP contribution >= 0.6 is 35.0 Å². The van der Waals surface area contributed by atoms with Crippen LogP contribution in [0.2, 0.25) is 10.0 Å². The topological polar surface area (TPSA) is 67.0 Å². The molecule has 0 bridgehead atoms. The van der Waals surface area contributed by atoms with Crippen LogP contribution in [0, 0.1) is 0 Å². The Labute approximate surface area is 200 Å². The summed E-state index contributed by atoms with van der Waals surface area (Å²) in [6.07, 6.45) is 0.751. The first-order chi connectivity index (χ1) is 15.4. The number of nitrogens with zero attached hydrogens (tertiary/aromatic N) is 1. The first-order valence-corrected chi connectivity index (χ1v) is 11.6. The number of ether oxygens (including phenoxy) is 1. The van der Waals surface area contributed by atoms with Gasteiger partial charge >= 0.3 is 0 Å². The van der Waals surface area contributed by atoms with Crippen LogP contribution in [0.25, 0.3) is 11.0 Å². The van der Waals surface area contributed by atoms with Crippen molar-refractivity contribution in [3.8, 4) is 5.75 Å². The Morgan fingerprint density at radius 2 is 1.94 bits per heavy atom. The molecule has 4 rings (SSSR count). The van der Waals surface area contributed by atoms with E-state index in [0.29, 0.717) is 20.9 Å². The number of imidazole rings is 1. The summed E-state index contributed by atoms with van der Waals surface area (Å²) < 4.78 is 5.23. The maximum Gasteiger partial charge on any atom is 0.237 e. The predicted octanol–water partition coefficient (Wildman–Crippen LogP) is 6.59. The van der Waals surface area contributed by atoms with Gasteiger partial charge in [0.15, 0.2) is 5.16 Å². The zero-order valence-electron chi connectivity index (χ0n) is 17.5. The monoisotopic (exact) mass is 485 g/mol. The minimum atomic E-state index is -0.382. The molecule has 32 heavy (non-hydrogen) atoms. The Morgan fingerprint density at radius 3 is 2.66 bits per heavy atom. The number of halogens is 2. The molecule has 1 aromatic heterocycles. The smallest absolute Gasteiger partial charge is 0.237 e. The first kappa shape index (κ1) is 22.5. The van der Waals surface area contributed by atoms with E-state index < -0.39 is 0 Å². The van der Waals surface area contributed by atoms with Crippen molar-refractivity contribution in [1.29, 1.82) is 0 Å². The lowest BCUT2D eigenvalue weighted by Gasteiger charge is -2.11. The van der Waals surface area contributed by atoms with Crippen molar-refractivity contribution in [2.24, 2.45) is 0 Å². The van der Waals surface area contributed by atoms with Gasteiger partial charge in [-0.1, -0.05) is 59.2 Å². The Balaban J connectivity index is 1.48. The Bertz CT molecular complexity index is 1260. The molecule has 164 valence electrons. The molecule has 4 aromatic rings. The van der Waals surface area contributed by atoms with Crippen LogP contribution in [-0.2, 0) is 11.2 Å². The number of carbonyl (C=O) groups excluding carboxylic acids is 1. The molecule has 0 spiro atoms. The van der Waals surface area contributed by atoms with E-state index in [1.807, 2.05) is 43.3 Å². The number of methoxy groups -OCH3 is 1. The Morgan fingerprint density at radius 1 is 1.16 bits per heavy atom. The van der Waals surface area contributed by atoms with Crippen molar-refractivity contribution in [3.63, 3.8) is 0 Å². The van der Waals surface area contributed by atoms with Crippen LogP contribution in [0.3, 0.4) is 0 Å². The lowest BCUT2D eigenvalue weighted by atomic mass is 10.0. The summed E-state index contributed by atoms with van der Waals surface area (Å²) >= 11 is 13.4. The third-order valence-corrected chi connectivity index (χ3v) is 6.51. The Hall–Kier alpha value is -2.67. The zero-order valence-corrected chi connectivity index (χ0v) is 19.8. The lowest BCUT2D eigenvalue weighted by molar-refractivity contribution is -0.115. The third-order valence-electron chi connectivity index (χ3n) is 4.97. The second kappa shape index (κ2) is 9.86. The maximum absolute atomic E-state index is 12.7. The average Bonchev–Trinajstić information content (AvgIpc) is 3.19. The molecule has 5 nitrogen and oxygen atoms in total. The molecule has 0 aliphatic heterocycles. The maximum atomic E-state index is 12.7. The Kier molecular flexibility index (Phi) is 6.94. The minimum absolute atomic E-state index is 0.168. The fraction of sp³-hybridized carbons (Fsp3) is 0.167. The first-order valence-electron chi connectivity index (χ1n) is 9.96. The van der Waals surface area contributed by atoms with E-state index in [1.165, 1.54) is 17.3 Å². The van der Waals surface area contributed by atoms with Crippen LogP contribution in [0.4, 0.5) is 5.69 Å². The average molecular weight is 486 g/mol. The SMILES string of the molecule is COc1ccc(Cc2cccc3[nH]c(SC(C)C(=O)Nc4ccc(Cl)cc4Cl)nc23)cc1. The number of aromatic amines is 1. The summed E-state index contributed by atoms with van der Waals surface area (Å²) in [5.74, 6) is 0.663. The number of fused-ring (bicyclic) bond motifs is 1. The number of hydrogen-bond donors (Lipinski definition) is 2. The number of thioether (sulfide) groups is 1. The second-order valence-electron chi connectivity index (χ2n) is 7.25. The molecule has 1 unspecified atom stereocenters.